The van der Waals surface area contributed by atoms with Crippen LogP contribution in [0.4, 0.5) is 0 Å². The molecule has 5 rings (SSSR count). The van der Waals surface area contributed by atoms with Gasteiger partial charge in [0, 0.05) is 27.7 Å². The van der Waals surface area contributed by atoms with Crippen molar-refractivity contribution in [1.82, 2.24) is 9.58 Å². The molecular formula is C25H20ClN5OS. The lowest BCUT2D eigenvalue weighted by atomic mass is 10.1. The van der Waals surface area contributed by atoms with Crippen molar-refractivity contribution in [3.05, 3.63) is 93.3 Å². The van der Waals surface area contributed by atoms with E-state index >= 15 is 0 Å². The molecule has 0 bridgehead atoms. The van der Waals surface area contributed by atoms with Gasteiger partial charge in [-0.1, -0.05) is 41.9 Å². The van der Waals surface area contributed by atoms with Crippen molar-refractivity contribution in [3.8, 4) is 5.69 Å². The second kappa shape index (κ2) is 8.17. The number of aryl methyl sites for hydroxylation is 2. The number of hydrogen-bond donors (Lipinski definition) is 1. The number of fused-ring (bicyclic) bond motifs is 1. The summed E-state index contributed by atoms with van der Waals surface area (Å²) < 4.78 is 2.07. The minimum Gasteiger partial charge on any atom is -0.318 e. The van der Waals surface area contributed by atoms with Crippen LogP contribution in [-0.2, 0) is 4.79 Å². The number of aromatic nitrogens is 1. The molecule has 0 spiro atoms. The predicted octanol–water partition coefficient (Wildman–Crippen LogP) is 5.72. The molecule has 3 heterocycles. The van der Waals surface area contributed by atoms with Crippen molar-refractivity contribution in [1.29, 1.82) is 5.41 Å². The lowest BCUT2D eigenvalue weighted by Gasteiger charge is -2.20. The molecule has 1 N–H and O–H groups in total. The van der Waals surface area contributed by atoms with Crippen LogP contribution in [0.25, 0.3) is 11.8 Å². The minimum absolute atomic E-state index is 0.0219. The highest BCUT2D eigenvalue weighted by molar-refractivity contribution is 8.27. The molecule has 3 aromatic rings. The Bertz CT molecular complexity index is 1430. The van der Waals surface area contributed by atoms with Crippen LogP contribution in [-0.4, -0.2) is 31.5 Å². The smallest absolute Gasteiger partial charge is 0.283 e. The number of benzene rings is 2. The molecule has 2 aliphatic rings. The van der Waals surface area contributed by atoms with E-state index in [9.17, 15) is 4.79 Å². The van der Waals surface area contributed by atoms with Crippen LogP contribution >= 0.6 is 23.4 Å². The number of rotatable bonds is 3. The van der Waals surface area contributed by atoms with Gasteiger partial charge in [0.25, 0.3) is 5.91 Å². The standard InChI is InChI=1S/C25H20ClN5OS/c1-14-7-4-5-10-20(14)24-29-31-22(27)21(23(32)28-25(31)33-24)12-17-11-15(2)30(16(17)3)19-9-6-8-18(26)13-19/h4-13,27H,1-3H3. The molecule has 6 nitrogen and oxygen atoms in total. The molecule has 164 valence electrons. The Hall–Kier alpha value is -3.42. The van der Waals surface area contributed by atoms with Crippen LogP contribution in [0.15, 0.2) is 70.3 Å². The second-order valence-electron chi connectivity index (χ2n) is 7.88. The van der Waals surface area contributed by atoms with Crippen LogP contribution < -0.4 is 0 Å². The Labute approximate surface area is 200 Å². The SMILES string of the molecule is Cc1ccccc1C1=NN2C(=N)C(=Cc3cc(C)n(-c4cccc(Cl)c4)c3C)C(=O)N=C2S1. The van der Waals surface area contributed by atoms with Crippen molar-refractivity contribution >= 4 is 51.4 Å². The minimum atomic E-state index is -0.437. The van der Waals surface area contributed by atoms with Gasteiger partial charge in [0.1, 0.15) is 5.04 Å². The van der Waals surface area contributed by atoms with Gasteiger partial charge in [-0.15, -0.1) is 0 Å². The predicted molar refractivity (Wildman–Crippen MR) is 136 cm³/mol. The highest BCUT2D eigenvalue weighted by Crippen LogP contribution is 2.32. The first-order chi connectivity index (χ1) is 15.8. The number of halogens is 1. The Morgan fingerprint density at radius 2 is 1.85 bits per heavy atom. The third-order valence-electron chi connectivity index (χ3n) is 5.67. The zero-order chi connectivity index (χ0) is 23.3. The van der Waals surface area contributed by atoms with Crippen LogP contribution in [0.3, 0.4) is 0 Å². The lowest BCUT2D eigenvalue weighted by Crippen LogP contribution is -2.35. The molecule has 0 aliphatic carbocycles. The van der Waals surface area contributed by atoms with E-state index in [0.717, 1.165) is 38.8 Å². The van der Waals surface area contributed by atoms with Gasteiger partial charge in [0.2, 0.25) is 5.17 Å². The molecule has 0 radical (unpaired) electrons. The van der Waals surface area contributed by atoms with Gasteiger partial charge in [-0.2, -0.15) is 15.1 Å². The monoisotopic (exact) mass is 473 g/mol. The molecule has 2 aliphatic heterocycles. The first-order valence-corrected chi connectivity index (χ1v) is 11.5. The molecule has 0 saturated heterocycles. The van der Waals surface area contributed by atoms with Gasteiger partial charge >= 0.3 is 0 Å². The maximum absolute atomic E-state index is 12.9. The van der Waals surface area contributed by atoms with Gasteiger partial charge in [0.05, 0.1) is 5.57 Å². The van der Waals surface area contributed by atoms with Crippen molar-refractivity contribution in [2.45, 2.75) is 20.8 Å². The van der Waals surface area contributed by atoms with Gasteiger partial charge in [-0.25, -0.2) is 0 Å². The summed E-state index contributed by atoms with van der Waals surface area (Å²) in [6.45, 7) is 5.98. The molecular weight excluding hydrogens is 454 g/mol. The summed E-state index contributed by atoms with van der Waals surface area (Å²) in [6.07, 6.45) is 1.72. The quantitative estimate of drug-likeness (QED) is 0.494. The lowest BCUT2D eigenvalue weighted by molar-refractivity contribution is -0.114. The fourth-order valence-corrected chi connectivity index (χ4v) is 5.18. The van der Waals surface area contributed by atoms with Crippen molar-refractivity contribution in [2.24, 2.45) is 10.1 Å². The first kappa shape index (κ1) is 21.4. The van der Waals surface area contributed by atoms with E-state index < -0.39 is 5.91 Å². The Balaban J connectivity index is 1.53. The Morgan fingerprint density at radius 3 is 2.61 bits per heavy atom. The second-order valence-corrected chi connectivity index (χ2v) is 9.27. The molecule has 1 amide bonds. The molecule has 0 saturated carbocycles. The average molecular weight is 474 g/mol. The number of amidine groups is 2. The highest BCUT2D eigenvalue weighted by atomic mass is 35.5. The molecule has 2 aromatic carbocycles. The summed E-state index contributed by atoms with van der Waals surface area (Å²) in [4.78, 5) is 17.1. The van der Waals surface area contributed by atoms with E-state index in [0.29, 0.717) is 10.2 Å². The number of hydrogen-bond acceptors (Lipinski definition) is 4. The Kier molecular flexibility index (Phi) is 5.31. The maximum atomic E-state index is 12.9. The number of thioether (sulfide) groups is 1. The summed E-state index contributed by atoms with van der Waals surface area (Å²) >= 11 is 7.49. The van der Waals surface area contributed by atoms with Gasteiger partial charge in [-0.3, -0.25) is 10.2 Å². The average Bonchev–Trinajstić information content (AvgIpc) is 3.32. The van der Waals surface area contributed by atoms with E-state index in [1.54, 1.807) is 6.08 Å². The topological polar surface area (TPSA) is 73.8 Å². The zero-order valence-electron chi connectivity index (χ0n) is 18.3. The van der Waals surface area contributed by atoms with Gasteiger partial charge in [0.15, 0.2) is 5.84 Å². The summed E-state index contributed by atoms with van der Waals surface area (Å²) in [5, 5.41) is 16.5. The summed E-state index contributed by atoms with van der Waals surface area (Å²) in [6, 6.07) is 17.5. The maximum Gasteiger partial charge on any atom is 0.283 e. The summed E-state index contributed by atoms with van der Waals surface area (Å²) in [5.74, 6) is -0.416. The molecule has 0 fully saturated rings. The first-order valence-electron chi connectivity index (χ1n) is 10.3. The van der Waals surface area contributed by atoms with Crippen LogP contribution in [0.2, 0.25) is 5.02 Å². The number of nitrogens with one attached hydrogen (secondary N) is 1. The van der Waals surface area contributed by atoms with E-state index in [-0.39, 0.29) is 11.4 Å². The number of carbonyl (C=O) groups is 1. The molecule has 1 aromatic heterocycles. The number of nitrogens with zero attached hydrogens (tertiary/aromatic N) is 4. The summed E-state index contributed by atoms with van der Waals surface area (Å²) in [5.41, 5.74) is 5.97. The molecule has 0 unspecified atom stereocenters. The largest absolute Gasteiger partial charge is 0.318 e. The fourth-order valence-electron chi connectivity index (χ4n) is 4.02. The summed E-state index contributed by atoms with van der Waals surface area (Å²) in [7, 11) is 0. The molecule has 0 atom stereocenters. The van der Waals surface area contributed by atoms with E-state index in [1.807, 2.05) is 75.4 Å². The number of aliphatic imine (C=N–C) groups is 1. The van der Waals surface area contributed by atoms with Crippen molar-refractivity contribution in [2.75, 3.05) is 0 Å². The van der Waals surface area contributed by atoms with Gasteiger partial charge < -0.3 is 4.57 Å². The Morgan fingerprint density at radius 1 is 1.06 bits per heavy atom. The third-order valence-corrected chi connectivity index (χ3v) is 6.84. The normalized spacial score (nSPS) is 16.8. The highest BCUT2D eigenvalue weighted by Gasteiger charge is 2.36. The zero-order valence-corrected chi connectivity index (χ0v) is 19.8. The van der Waals surface area contributed by atoms with Crippen LogP contribution in [0.1, 0.15) is 28.1 Å². The van der Waals surface area contributed by atoms with E-state index in [4.69, 9.17) is 17.0 Å². The fraction of sp³-hybridized carbons (Fsp3) is 0.120. The van der Waals surface area contributed by atoms with E-state index in [1.165, 1.54) is 16.8 Å². The van der Waals surface area contributed by atoms with Crippen LogP contribution in [0.5, 0.6) is 0 Å². The molecule has 33 heavy (non-hydrogen) atoms. The number of amides is 1. The number of carbonyl (C=O) groups excluding carboxylic acids is 1. The van der Waals surface area contributed by atoms with Gasteiger partial charge in [-0.05, 0) is 74.0 Å². The van der Waals surface area contributed by atoms with Crippen molar-refractivity contribution in [3.63, 3.8) is 0 Å². The van der Waals surface area contributed by atoms with Crippen molar-refractivity contribution < 1.29 is 4.79 Å². The third kappa shape index (κ3) is 3.73. The molecule has 8 heteroatoms. The van der Waals surface area contributed by atoms with Crippen LogP contribution in [0, 0.1) is 26.2 Å². The number of hydrazone groups is 1. The van der Waals surface area contributed by atoms with E-state index in [2.05, 4.69) is 14.7 Å².